The number of rotatable bonds is 2. The van der Waals surface area contributed by atoms with Crippen molar-refractivity contribution in [2.24, 2.45) is 0 Å². The number of hydrogen-bond donors (Lipinski definition) is 0. The highest BCUT2D eigenvalue weighted by Crippen LogP contribution is 2.26. The summed E-state index contributed by atoms with van der Waals surface area (Å²) in [4.78, 5) is 15.1. The quantitative estimate of drug-likeness (QED) is 0.538. The van der Waals surface area contributed by atoms with Gasteiger partial charge in [0.15, 0.2) is 0 Å². The molecule has 78 valence electrons. The summed E-state index contributed by atoms with van der Waals surface area (Å²) in [6, 6.07) is 7.92. The molecule has 0 atom stereocenters. The zero-order valence-electron chi connectivity index (χ0n) is 9.03. The van der Waals surface area contributed by atoms with E-state index in [1.807, 2.05) is 43.3 Å². The van der Waals surface area contributed by atoms with E-state index >= 15 is 0 Å². The lowest BCUT2D eigenvalue weighted by atomic mass is 10.1. The number of β-lactam (4-membered cyclic amide) rings is 1. The molecule has 0 aromatic heterocycles. The summed E-state index contributed by atoms with van der Waals surface area (Å²) in [6.45, 7) is 4.32. The molecule has 3 nitrogen and oxygen atoms in total. The van der Waals surface area contributed by atoms with Crippen LogP contribution in [-0.4, -0.2) is 26.5 Å². The van der Waals surface area contributed by atoms with Gasteiger partial charge in [0.05, 0.1) is 6.54 Å². The van der Waals surface area contributed by atoms with E-state index < -0.39 is 0 Å². The molecule has 1 fully saturated rings. The van der Waals surface area contributed by atoms with E-state index in [1.165, 1.54) is 0 Å². The Morgan fingerprint density at radius 1 is 1.27 bits per heavy atom. The summed E-state index contributed by atoms with van der Waals surface area (Å²) in [7, 11) is 3.98. The third-order valence-corrected chi connectivity index (χ3v) is 2.57. The second-order valence-electron chi connectivity index (χ2n) is 3.91. The van der Waals surface area contributed by atoms with Crippen LogP contribution in [0.3, 0.4) is 0 Å². The molecule has 2 rings (SSSR count). The van der Waals surface area contributed by atoms with Crippen molar-refractivity contribution in [3.05, 3.63) is 36.4 Å². The fourth-order valence-electron chi connectivity index (χ4n) is 1.57. The lowest BCUT2D eigenvalue weighted by molar-refractivity contribution is -0.117. The second-order valence-corrected chi connectivity index (χ2v) is 3.91. The van der Waals surface area contributed by atoms with Crippen LogP contribution in [0, 0.1) is 0 Å². The third-order valence-electron chi connectivity index (χ3n) is 2.57. The van der Waals surface area contributed by atoms with Crippen molar-refractivity contribution in [3.8, 4) is 0 Å². The fourth-order valence-corrected chi connectivity index (χ4v) is 1.57. The molecule has 0 spiro atoms. The van der Waals surface area contributed by atoms with Crippen LogP contribution < -0.4 is 9.80 Å². The predicted octanol–water partition coefficient (Wildman–Crippen LogP) is 1.66. The number of anilines is 2. The van der Waals surface area contributed by atoms with Crippen molar-refractivity contribution in [1.82, 2.24) is 0 Å². The van der Waals surface area contributed by atoms with Crippen molar-refractivity contribution in [2.45, 2.75) is 0 Å². The molecule has 1 aromatic rings. The lowest BCUT2D eigenvalue weighted by Crippen LogP contribution is -2.45. The minimum atomic E-state index is 0.0348. The molecule has 1 amide bonds. The average molecular weight is 202 g/mol. The van der Waals surface area contributed by atoms with Crippen molar-refractivity contribution < 1.29 is 4.79 Å². The number of carbonyl (C=O) groups is 1. The molecule has 1 heterocycles. The maximum Gasteiger partial charge on any atom is 0.255 e. The van der Waals surface area contributed by atoms with Gasteiger partial charge in [0, 0.05) is 31.0 Å². The van der Waals surface area contributed by atoms with E-state index in [1.54, 1.807) is 4.90 Å². The molecule has 15 heavy (non-hydrogen) atoms. The van der Waals surface area contributed by atoms with Crippen LogP contribution >= 0.6 is 0 Å². The molecule has 0 N–H and O–H groups in total. The first-order valence-corrected chi connectivity index (χ1v) is 4.86. The molecule has 1 saturated heterocycles. The number of nitrogens with zero attached hydrogens (tertiary/aromatic N) is 2. The topological polar surface area (TPSA) is 23.6 Å². The van der Waals surface area contributed by atoms with Crippen LogP contribution in [0.1, 0.15) is 0 Å². The number of carbonyl (C=O) groups excluding carboxylic acids is 1. The summed E-state index contributed by atoms with van der Waals surface area (Å²) >= 11 is 0. The molecule has 1 aliphatic heterocycles. The van der Waals surface area contributed by atoms with Crippen LogP contribution in [0.5, 0.6) is 0 Å². The van der Waals surface area contributed by atoms with Gasteiger partial charge in [-0.3, -0.25) is 4.79 Å². The van der Waals surface area contributed by atoms with Gasteiger partial charge in [-0.2, -0.15) is 0 Å². The maximum atomic E-state index is 11.4. The van der Waals surface area contributed by atoms with Gasteiger partial charge >= 0.3 is 0 Å². The van der Waals surface area contributed by atoms with Crippen LogP contribution in [0.15, 0.2) is 36.4 Å². The minimum Gasteiger partial charge on any atom is -0.378 e. The lowest BCUT2D eigenvalue weighted by Gasteiger charge is -2.32. The van der Waals surface area contributed by atoms with Gasteiger partial charge < -0.3 is 9.80 Å². The van der Waals surface area contributed by atoms with Gasteiger partial charge in [0.1, 0.15) is 0 Å². The molecule has 1 aliphatic rings. The van der Waals surface area contributed by atoms with E-state index in [4.69, 9.17) is 0 Å². The molecular weight excluding hydrogens is 188 g/mol. The van der Waals surface area contributed by atoms with Crippen molar-refractivity contribution in [2.75, 3.05) is 30.4 Å². The van der Waals surface area contributed by atoms with E-state index in [-0.39, 0.29) is 5.91 Å². The highest BCUT2D eigenvalue weighted by molar-refractivity contribution is 6.13. The Balaban J connectivity index is 2.18. The standard InChI is InChI=1S/C12H14N2O/c1-9-8-14(12(9)15)11-6-4-10(5-7-11)13(2)3/h4-7H,1,8H2,2-3H3. The molecule has 0 saturated carbocycles. The summed E-state index contributed by atoms with van der Waals surface area (Å²) < 4.78 is 0. The van der Waals surface area contributed by atoms with E-state index in [9.17, 15) is 4.79 Å². The Hall–Kier alpha value is -1.77. The average Bonchev–Trinajstić information content (AvgIpc) is 2.25. The van der Waals surface area contributed by atoms with Gasteiger partial charge in [-0.1, -0.05) is 6.58 Å². The van der Waals surface area contributed by atoms with Crippen molar-refractivity contribution in [3.63, 3.8) is 0 Å². The van der Waals surface area contributed by atoms with Gasteiger partial charge in [-0.25, -0.2) is 0 Å². The molecule has 1 aromatic carbocycles. The first-order valence-electron chi connectivity index (χ1n) is 4.86. The summed E-state index contributed by atoms with van der Waals surface area (Å²) in [5.41, 5.74) is 2.76. The zero-order valence-corrected chi connectivity index (χ0v) is 9.03. The monoisotopic (exact) mass is 202 g/mol. The minimum absolute atomic E-state index is 0.0348. The molecule has 0 bridgehead atoms. The van der Waals surface area contributed by atoms with Gasteiger partial charge in [0.25, 0.3) is 5.91 Å². The van der Waals surface area contributed by atoms with Gasteiger partial charge in [-0.05, 0) is 24.3 Å². The Bertz CT molecular complexity index is 406. The highest BCUT2D eigenvalue weighted by atomic mass is 16.2. The number of amides is 1. The predicted molar refractivity (Wildman–Crippen MR) is 62.3 cm³/mol. The summed E-state index contributed by atoms with van der Waals surface area (Å²) in [5.74, 6) is 0.0348. The van der Waals surface area contributed by atoms with E-state index in [2.05, 4.69) is 6.58 Å². The van der Waals surface area contributed by atoms with Crippen LogP contribution in [0.25, 0.3) is 0 Å². The van der Waals surface area contributed by atoms with Crippen molar-refractivity contribution in [1.29, 1.82) is 0 Å². The Labute approximate surface area is 89.6 Å². The first-order chi connectivity index (χ1) is 7.09. The molecule has 3 heteroatoms. The second kappa shape index (κ2) is 3.42. The van der Waals surface area contributed by atoms with Crippen LogP contribution in [-0.2, 0) is 4.79 Å². The Morgan fingerprint density at radius 2 is 1.87 bits per heavy atom. The molecule has 0 unspecified atom stereocenters. The van der Waals surface area contributed by atoms with E-state index in [0.717, 1.165) is 11.4 Å². The van der Waals surface area contributed by atoms with Crippen LogP contribution in [0.4, 0.5) is 11.4 Å². The van der Waals surface area contributed by atoms with Crippen molar-refractivity contribution >= 4 is 17.3 Å². The smallest absolute Gasteiger partial charge is 0.255 e. The zero-order chi connectivity index (χ0) is 11.0. The Kier molecular flexibility index (Phi) is 2.23. The number of benzene rings is 1. The van der Waals surface area contributed by atoms with Gasteiger partial charge in [0.2, 0.25) is 0 Å². The fraction of sp³-hybridized carbons (Fsp3) is 0.250. The SMILES string of the molecule is C=C1CN(c2ccc(N(C)C)cc2)C1=O. The largest absolute Gasteiger partial charge is 0.378 e. The normalized spacial score (nSPS) is 15.2. The first kappa shape index (κ1) is 9.77. The van der Waals surface area contributed by atoms with E-state index in [0.29, 0.717) is 12.1 Å². The number of hydrogen-bond acceptors (Lipinski definition) is 2. The summed E-state index contributed by atoms with van der Waals surface area (Å²) in [6.07, 6.45) is 0. The molecule has 0 aliphatic carbocycles. The maximum absolute atomic E-state index is 11.4. The summed E-state index contributed by atoms with van der Waals surface area (Å²) in [5, 5.41) is 0. The highest BCUT2D eigenvalue weighted by Gasteiger charge is 2.29. The Morgan fingerprint density at radius 3 is 2.27 bits per heavy atom. The van der Waals surface area contributed by atoms with Crippen LogP contribution in [0.2, 0.25) is 0 Å². The molecular formula is C12H14N2O. The van der Waals surface area contributed by atoms with Gasteiger partial charge in [-0.15, -0.1) is 0 Å². The molecule has 0 radical (unpaired) electrons. The third kappa shape index (κ3) is 1.61.